The highest BCUT2D eigenvalue weighted by Crippen LogP contribution is 2.32. The predicted octanol–water partition coefficient (Wildman–Crippen LogP) is 3.72. The van der Waals surface area contributed by atoms with Gasteiger partial charge in [-0.25, -0.2) is 0 Å². The predicted molar refractivity (Wildman–Crippen MR) is 122 cm³/mol. The summed E-state index contributed by atoms with van der Waals surface area (Å²) >= 11 is 0. The highest BCUT2D eigenvalue weighted by molar-refractivity contribution is 7.85. The van der Waals surface area contributed by atoms with Crippen LogP contribution < -0.4 is 10.6 Å². The van der Waals surface area contributed by atoms with Crippen LogP contribution in [0.4, 0.5) is 0 Å². The molecule has 0 radical (unpaired) electrons. The molecule has 162 valence electrons. The quantitative estimate of drug-likeness (QED) is 0.383. The van der Waals surface area contributed by atoms with Crippen LogP contribution in [0.5, 0.6) is 0 Å². The van der Waals surface area contributed by atoms with Crippen LogP contribution in [-0.2, 0) is 22.0 Å². The highest BCUT2D eigenvalue weighted by atomic mass is 32.2. The third-order valence-electron chi connectivity index (χ3n) is 6.09. The lowest BCUT2D eigenvalue weighted by atomic mass is 9.89. The van der Waals surface area contributed by atoms with Gasteiger partial charge in [0.2, 0.25) is 0 Å². The Morgan fingerprint density at radius 1 is 1.24 bits per heavy atom. The molecule has 1 saturated carbocycles. The fourth-order valence-corrected chi connectivity index (χ4v) is 5.87. The van der Waals surface area contributed by atoms with Gasteiger partial charge in [-0.1, -0.05) is 37.6 Å². The summed E-state index contributed by atoms with van der Waals surface area (Å²) < 4.78 is 18.3. The molecule has 5 nitrogen and oxygen atoms in total. The monoisotopic (exact) mass is 419 g/mol. The number of aliphatic imine (C=N–C) groups is 1. The smallest absolute Gasteiger partial charge is 0.191 e. The van der Waals surface area contributed by atoms with Crippen molar-refractivity contribution in [3.63, 3.8) is 0 Å². The van der Waals surface area contributed by atoms with Gasteiger partial charge in [0.15, 0.2) is 5.96 Å². The van der Waals surface area contributed by atoms with E-state index >= 15 is 0 Å². The maximum Gasteiger partial charge on any atom is 0.191 e. The molecule has 1 fully saturated rings. The van der Waals surface area contributed by atoms with Crippen LogP contribution in [0.2, 0.25) is 0 Å². The van der Waals surface area contributed by atoms with Gasteiger partial charge in [0.1, 0.15) is 0 Å². The molecule has 0 aromatic heterocycles. The number of rotatable bonds is 8. The molecule has 4 unspecified atom stereocenters. The van der Waals surface area contributed by atoms with E-state index < -0.39 is 10.8 Å². The lowest BCUT2D eigenvalue weighted by molar-refractivity contribution is 0.0398. The van der Waals surface area contributed by atoms with Crippen molar-refractivity contribution in [2.45, 2.75) is 75.7 Å². The second kappa shape index (κ2) is 11.7. The van der Waals surface area contributed by atoms with E-state index in [4.69, 9.17) is 4.74 Å². The SMILES string of the molecule is CCS(=O)C1CCCC(NC(=NC)NCCCOC2CCCc3ccccc32)C1. The van der Waals surface area contributed by atoms with Crippen LogP contribution in [0.15, 0.2) is 29.3 Å². The van der Waals surface area contributed by atoms with E-state index in [0.717, 1.165) is 63.4 Å². The molecule has 1 aromatic carbocycles. The van der Waals surface area contributed by atoms with E-state index in [-0.39, 0.29) is 6.10 Å². The first-order chi connectivity index (χ1) is 14.2. The number of ether oxygens (including phenoxy) is 1. The first-order valence-electron chi connectivity index (χ1n) is 11.2. The Labute approximate surface area is 178 Å². The zero-order valence-electron chi connectivity index (χ0n) is 18.0. The fraction of sp³-hybridized carbons (Fsp3) is 0.696. The minimum Gasteiger partial charge on any atom is -0.373 e. The number of hydrogen-bond donors (Lipinski definition) is 2. The molecule has 0 spiro atoms. The molecule has 2 N–H and O–H groups in total. The van der Waals surface area contributed by atoms with E-state index in [9.17, 15) is 4.21 Å². The molecule has 4 atom stereocenters. The second-order valence-electron chi connectivity index (χ2n) is 8.10. The normalized spacial score (nSPS) is 25.9. The molecule has 0 saturated heterocycles. The van der Waals surface area contributed by atoms with E-state index in [1.807, 2.05) is 14.0 Å². The molecule has 29 heavy (non-hydrogen) atoms. The summed E-state index contributed by atoms with van der Waals surface area (Å²) in [6.07, 6.45) is 9.04. The number of hydrogen-bond acceptors (Lipinski definition) is 3. The third kappa shape index (κ3) is 6.54. The van der Waals surface area contributed by atoms with E-state index in [1.54, 1.807) is 0 Å². The van der Waals surface area contributed by atoms with Crippen molar-refractivity contribution in [2.75, 3.05) is 26.0 Å². The van der Waals surface area contributed by atoms with Crippen molar-refractivity contribution in [3.05, 3.63) is 35.4 Å². The summed E-state index contributed by atoms with van der Waals surface area (Å²) in [4.78, 5) is 4.37. The second-order valence-corrected chi connectivity index (χ2v) is 10.1. The summed E-state index contributed by atoms with van der Waals surface area (Å²) in [5.74, 6) is 1.61. The topological polar surface area (TPSA) is 62.7 Å². The van der Waals surface area contributed by atoms with Crippen LogP contribution in [0.3, 0.4) is 0 Å². The highest BCUT2D eigenvalue weighted by Gasteiger charge is 2.26. The van der Waals surface area contributed by atoms with Crippen LogP contribution in [-0.4, -0.2) is 47.4 Å². The van der Waals surface area contributed by atoms with Gasteiger partial charge in [-0.05, 0) is 56.1 Å². The Morgan fingerprint density at radius 2 is 2.10 bits per heavy atom. The maximum absolute atomic E-state index is 12.1. The van der Waals surface area contributed by atoms with Gasteiger partial charge >= 0.3 is 0 Å². The maximum atomic E-state index is 12.1. The minimum atomic E-state index is -0.694. The van der Waals surface area contributed by atoms with Crippen molar-refractivity contribution in [1.82, 2.24) is 10.6 Å². The van der Waals surface area contributed by atoms with Crippen LogP contribution in [0.25, 0.3) is 0 Å². The Balaban J connectivity index is 1.36. The fourth-order valence-electron chi connectivity index (χ4n) is 4.53. The number of fused-ring (bicyclic) bond motifs is 1. The molecular weight excluding hydrogens is 382 g/mol. The summed E-state index contributed by atoms with van der Waals surface area (Å²) in [6, 6.07) is 9.05. The summed E-state index contributed by atoms with van der Waals surface area (Å²) in [7, 11) is 1.12. The molecule has 0 aliphatic heterocycles. The Kier molecular flexibility index (Phi) is 8.99. The molecule has 0 heterocycles. The van der Waals surface area contributed by atoms with Crippen LogP contribution >= 0.6 is 0 Å². The molecule has 3 rings (SSSR count). The van der Waals surface area contributed by atoms with Crippen molar-refractivity contribution in [3.8, 4) is 0 Å². The van der Waals surface area contributed by atoms with E-state index in [2.05, 4.69) is 39.9 Å². The molecular formula is C23H37N3O2S. The lowest BCUT2D eigenvalue weighted by Gasteiger charge is -2.30. The summed E-state index contributed by atoms with van der Waals surface area (Å²) in [5.41, 5.74) is 2.82. The minimum absolute atomic E-state index is 0.246. The number of nitrogens with zero attached hydrogens (tertiary/aromatic N) is 1. The van der Waals surface area contributed by atoms with Crippen molar-refractivity contribution < 1.29 is 8.95 Å². The Morgan fingerprint density at radius 3 is 2.93 bits per heavy atom. The van der Waals surface area contributed by atoms with Crippen LogP contribution in [0.1, 0.15) is 69.1 Å². The largest absolute Gasteiger partial charge is 0.373 e. The lowest BCUT2D eigenvalue weighted by Crippen LogP contribution is -2.46. The van der Waals surface area contributed by atoms with Crippen LogP contribution in [0, 0.1) is 0 Å². The number of aryl methyl sites for hydroxylation is 1. The van der Waals surface area contributed by atoms with Gasteiger partial charge in [0, 0.05) is 48.0 Å². The first-order valence-corrected chi connectivity index (χ1v) is 12.6. The number of nitrogens with one attached hydrogen (secondary N) is 2. The Hall–Kier alpha value is -1.40. The summed E-state index contributed by atoms with van der Waals surface area (Å²) in [6.45, 7) is 3.61. The standard InChI is InChI=1S/C23H37N3O2S/c1-3-29(27)20-12-7-11-19(17-20)26-23(24-2)25-15-8-16-28-22-14-6-10-18-9-4-5-13-21(18)22/h4-5,9,13,19-20,22H,3,6-8,10-12,14-17H2,1-2H3,(H2,24,25,26). The third-order valence-corrected chi connectivity index (χ3v) is 7.83. The van der Waals surface area contributed by atoms with Gasteiger partial charge in [-0.2, -0.15) is 0 Å². The molecule has 1 aromatic rings. The molecule has 2 aliphatic rings. The van der Waals surface area contributed by atoms with Gasteiger partial charge in [0.05, 0.1) is 6.10 Å². The van der Waals surface area contributed by atoms with Crippen molar-refractivity contribution >= 4 is 16.8 Å². The average Bonchev–Trinajstić information content (AvgIpc) is 2.77. The zero-order chi connectivity index (χ0) is 20.5. The average molecular weight is 420 g/mol. The van der Waals surface area contributed by atoms with Gasteiger partial charge in [0.25, 0.3) is 0 Å². The molecule has 0 bridgehead atoms. The molecule has 0 amide bonds. The Bertz CT molecular complexity index is 694. The number of benzene rings is 1. The first kappa shape index (κ1) is 22.3. The van der Waals surface area contributed by atoms with Gasteiger partial charge in [-0.15, -0.1) is 0 Å². The van der Waals surface area contributed by atoms with E-state index in [0.29, 0.717) is 11.3 Å². The van der Waals surface area contributed by atoms with E-state index in [1.165, 1.54) is 24.0 Å². The van der Waals surface area contributed by atoms with Gasteiger partial charge < -0.3 is 15.4 Å². The number of guanidine groups is 1. The zero-order valence-corrected chi connectivity index (χ0v) is 18.8. The molecule has 6 heteroatoms. The van der Waals surface area contributed by atoms with Gasteiger partial charge in [-0.3, -0.25) is 9.20 Å². The molecule has 2 aliphatic carbocycles. The van der Waals surface area contributed by atoms with Crippen molar-refractivity contribution in [2.24, 2.45) is 4.99 Å². The van der Waals surface area contributed by atoms with Crippen molar-refractivity contribution in [1.29, 1.82) is 0 Å². The summed E-state index contributed by atoms with van der Waals surface area (Å²) in [5, 5.41) is 7.28.